The lowest BCUT2D eigenvalue weighted by atomic mass is 10.4. The number of nitrogens with one attached hydrogen (secondary N) is 1. The SMILES string of the molecule is O=C(O)c1ccnn1-c1ccc[nH]1. The number of nitrogens with zero attached hydrogens (tertiary/aromatic N) is 2. The van der Waals surface area contributed by atoms with Crippen LogP contribution in [0.1, 0.15) is 10.5 Å². The van der Waals surface area contributed by atoms with Gasteiger partial charge in [0.15, 0.2) is 5.69 Å². The van der Waals surface area contributed by atoms with Gasteiger partial charge >= 0.3 is 5.97 Å². The van der Waals surface area contributed by atoms with E-state index in [2.05, 4.69) is 10.1 Å². The largest absolute Gasteiger partial charge is 0.477 e. The average molecular weight is 177 g/mol. The molecular weight excluding hydrogens is 170 g/mol. The van der Waals surface area contributed by atoms with Gasteiger partial charge in [-0.05, 0) is 18.2 Å². The highest BCUT2D eigenvalue weighted by atomic mass is 16.4. The zero-order valence-corrected chi connectivity index (χ0v) is 6.64. The molecule has 0 bridgehead atoms. The second kappa shape index (κ2) is 2.78. The molecule has 0 fully saturated rings. The van der Waals surface area contributed by atoms with Crippen molar-refractivity contribution >= 4 is 5.97 Å². The molecule has 0 aliphatic carbocycles. The van der Waals surface area contributed by atoms with Gasteiger partial charge in [-0.3, -0.25) is 0 Å². The average Bonchev–Trinajstić information content (AvgIpc) is 2.74. The van der Waals surface area contributed by atoms with Crippen molar-refractivity contribution in [3.8, 4) is 5.82 Å². The lowest BCUT2D eigenvalue weighted by Crippen LogP contribution is -2.07. The maximum atomic E-state index is 10.7. The summed E-state index contributed by atoms with van der Waals surface area (Å²) in [4.78, 5) is 13.6. The van der Waals surface area contributed by atoms with Crippen molar-refractivity contribution in [2.24, 2.45) is 0 Å². The number of carboxylic acids is 1. The van der Waals surface area contributed by atoms with E-state index in [1.54, 1.807) is 18.3 Å². The standard InChI is InChI=1S/C8H7N3O2/c12-8(13)6-3-5-10-11(6)7-2-1-4-9-7/h1-5,9H,(H,12,13). The van der Waals surface area contributed by atoms with Crippen molar-refractivity contribution in [3.05, 3.63) is 36.3 Å². The Kier molecular flexibility index (Phi) is 1.63. The Morgan fingerprint density at radius 1 is 1.54 bits per heavy atom. The van der Waals surface area contributed by atoms with Crippen LogP contribution in [0.25, 0.3) is 5.82 Å². The number of rotatable bonds is 2. The van der Waals surface area contributed by atoms with E-state index in [4.69, 9.17) is 5.11 Å². The maximum Gasteiger partial charge on any atom is 0.354 e. The summed E-state index contributed by atoms with van der Waals surface area (Å²) in [6.07, 6.45) is 3.16. The van der Waals surface area contributed by atoms with E-state index in [0.717, 1.165) is 0 Å². The molecule has 5 heteroatoms. The number of hydrogen-bond donors (Lipinski definition) is 2. The van der Waals surface area contributed by atoms with Gasteiger partial charge in [-0.1, -0.05) is 0 Å². The molecule has 2 N–H and O–H groups in total. The minimum absolute atomic E-state index is 0.141. The van der Waals surface area contributed by atoms with Crippen molar-refractivity contribution < 1.29 is 9.90 Å². The Hall–Kier alpha value is -2.04. The van der Waals surface area contributed by atoms with Gasteiger partial charge in [-0.25, -0.2) is 9.48 Å². The summed E-state index contributed by atoms with van der Waals surface area (Å²) in [5.41, 5.74) is 0.141. The molecule has 0 saturated heterocycles. The Balaban J connectivity index is 2.52. The molecule has 0 radical (unpaired) electrons. The van der Waals surface area contributed by atoms with Gasteiger partial charge < -0.3 is 10.1 Å². The third kappa shape index (κ3) is 1.20. The summed E-state index contributed by atoms with van der Waals surface area (Å²) < 4.78 is 1.34. The monoisotopic (exact) mass is 177 g/mol. The number of H-pyrrole nitrogens is 1. The van der Waals surface area contributed by atoms with Crippen molar-refractivity contribution in [2.45, 2.75) is 0 Å². The summed E-state index contributed by atoms with van der Waals surface area (Å²) >= 11 is 0. The van der Waals surface area contributed by atoms with Crippen LogP contribution in [0, 0.1) is 0 Å². The Morgan fingerprint density at radius 2 is 2.38 bits per heavy atom. The predicted molar refractivity (Wildman–Crippen MR) is 44.9 cm³/mol. The summed E-state index contributed by atoms with van der Waals surface area (Å²) in [6.45, 7) is 0. The van der Waals surface area contributed by atoms with Gasteiger partial charge in [0.25, 0.3) is 0 Å². The van der Waals surface area contributed by atoms with Gasteiger partial charge in [-0.2, -0.15) is 5.10 Å². The summed E-state index contributed by atoms with van der Waals surface area (Å²) in [5, 5.41) is 12.7. The van der Waals surface area contributed by atoms with Crippen molar-refractivity contribution in [3.63, 3.8) is 0 Å². The molecule has 0 saturated carbocycles. The second-order valence-electron chi connectivity index (χ2n) is 2.49. The van der Waals surface area contributed by atoms with E-state index in [1.165, 1.54) is 16.9 Å². The van der Waals surface area contributed by atoms with E-state index >= 15 is 0 Å². The van der Waals surface area contributed by atoms with Gasteiger partial charge in [0.2, 0.25) is 0 Å². The zero-order valence-electron chi connectivity index (χ0n) is 6.64. The molecule has 0 atom stereocenters. The molecule has 2 aromatic rings. The highest BCUT2D eigenvalue weighted by Crippen LogP contribution is 2.07. The molecule has 0 unspecified atom stereocenters. The molecule has 2 rings (SSSR count). The molecule has 5 nitrogen and oxygen atoms in total. The number of hydrogen-bond acceptors (Lipinski definition) is 2. The Bertz CT molecular complexity index is 416. The number of aromatic carboxylic acids is 1. The first kappa shape index (κ1) is 7.60. The van der Waals surface area contributed by atoms with Crippen molar-refractivity contribution in [2.75, 3.05) is 0 Å². The number of carbonyl (C=O) groups is 1. The molecule has 66 valence electrons. The molecule has 0 spiro atoms. The van der Waals surface area contributed by atoms with E-state index < -0.39 is 5.97 Å². The van der Waals surface area contributed by atoms with E-state index in [-0.39, 0.29) is 5.69 Å². The topological polar surface area (TPSA) is 70.9 Å². The molecule has 13 heavy (non-hydrogen) atoms. The lowest BCUT2D eigenvalue weighted by Gasteiger charge is -1.99. The van der Waals surface area contributed by atoms with Crippen LogP contribution in [-0.4, -0.2) is 25.8 Å². The minimum atomic E-state index is -0.993. The first-order valence-corrected chi connectivity index (χ1v) is 3.70. The summed E-state index contributed by atoms with van der Waals surface area (Å²) in [7, 11) is 0. The zero-order chi connectivity index (χ0) is 9.26. The van der Waals surface area contributed by atoms with Crippen LogP contribution in [0.15, 0.2) is 30.6 Å². The van der Waals surface area contributed by atoms with Crippen LogP contribution < -0.4 is 0 Å². The fourth-order valence-corrected chi connectivity index (χ4v) is 1.11. The van der Waals surface area contributed by atoms with Crippen LogP contribution in [0.3, 0.4) is 0 Å². The summed E-state index contributed by atoms with van der Waals surface area (Å²) in [5.74, 6) is -0.352. The number of aromatic nitrogens is 3. The molecule has 0 amide bonds. The van der Waals surface area contributed by atoms with Crippen LogP contribution in [0.5, 0.6) is 0 Å². The first-order chi connectivity index (χ1) is 6.29. The molecule has 2 aromatic heterocycles. The molecule has 0 aliphatic heterocycles. The molecule has 2 heterocycles. The van der Waals surface area contributed by atoms with Crippen LogP contribution in [0.2, 0.25) is 0 Å². The minimum Gasteiger partial charge on any atom is -0.477 e. The van der Waals surface area contributed by atoms with Gasteiger partial charge in [0.05, 0.1) is 6.20 Å². The van der Waals surface area contributed by atoms with E-state index in [9.17, 15) is 4.79 Å². The third-order valence-electron chi connectivity index (χ3n) is 1.67. The quantitative estimate of drug-likeness (QED) is 0.715. The number of aromatic amines is 1. The normalized spacial score (nSPS) is 10.2. The van der Waals surface area contributed by atoms with Gasteiger partial charge in [0.1, 0.15) is 5.82 Å². The highest BCUT2D eigenvalue weighted by molar-refractivity contribution is 5.86. The van der Waals surface area contributed by atoms with Gasteiger partial charge in [0, 0.05) is 6.20 Å². The van der Waals surface area contributed by atoms with Crippen molar-refractivity contribution in [1.82, 2.24) is 14.8 Å². The van der Waals surface area contributed by atoms with E-state index in [1.807, 2.05) is 0 Å². The highest BCUT2D eigenvalue weighted by Gasteiger charge is 2.11. The molecular formula is C8H7N3O2. The summed E-state index contributed by atoms with van der Waals surface area (Å²) in [6, 6.07) is 4.98. The Morgan fingerprint density at radius 3 is 3.00 bits per heavy atom. The molecule has 0 aliphatic rings. The fourth-order valence-electron chi connectivity index (χ4n) is 1.11. The van der Waals surface area contributed by atoms with Crippen molar-refractivity contribution in [1.29, 1.82) is 0 Å². The van der Waals surface area contributed by atoms with Crippen LogP contribution >= 0.6 is 0 Å². The van der Waals surface area contributed by atoms with Crippen LogP contribution in [-0.2, 0) is 0 Å². The van der Waals surface area contributed by atoms with Gasteiger partial charge in [-0.15, -0.1) is 0 Å². The van der Waals surface area contributed by atoms with Crippen LogP contribution in [0.4, 0.5) is 0 Å². The molecule has 0 aromatic carbocycles. The fraction of sp³-hybridized carbons (Fsp3) is 0. The lowest BCUT2D eigenvalue weighted by molar-refractivity contribution is 0.0687. The predicted octanol–water partition coefficient (Wildman–Crippen LogP) is 0.899. The second-order valence-corrected chi connectivity index (χ2v) is 2.49. The number of carboxylic acid groups (broad SMARTS) is 1. The first-order valence-electron chi connectivity index (χ1n) is 3.70. The van der Waals surface area contributed by atoms with E-state index in [0.29, 0.717) is 5.82 Å². The Labute approximate surface area is 73.6 Å². The maximum absolute atomic E-state index is 10.7. The third-order valence-corrected chi connectivity index (χ3v) is 1.67. The smallest absolute Gasteiger partial charge is 0.354 e.